The minimum Gasteiger partial charge on any atom is -0.336 e. The number of aromatic amines is 1. The van der Waals surface area contributed by atoms with Crippen LogP contribution in [0.2, 0.25) is 0 Å². The molecule has 0 atom stereocenters. The van der Waals surface area contributed by atoms with Crippen molar-refractivity contribution in [2.45, 2.75) is 24.2 Å². The Hall–Kier alpha value is -2.15. The molecule has 0 aromatic carbocycles. The molecule has 0 saturated carbocycles. The number of alkyl halides is 6. The van der Waals surface area contributed by atoms with Gasteiger partial charge in [-0.05, 0) is 12.1 Å². The smallest absolute Gasteiger partial charge is 0.336 e. The van der Waals surface area contributed by atoms with Crippen LogP contribution in [-0.2, 0) is 22.2 Å². The Morgan fingerprint density at radius 1 is 1.11 bits per heavy atom. The second-order valence-corrected chi connectivity index (χ2v) is 8.68. The summed E-state index contributed by atoms with van der Waals surface area (Å²) in [6.07, 6.45) is -8.92. The largest absolute Gasteiger partial charge is 0.425 e. The molecular formula is C14H9F6N3O2S2. The molecule has 5 nitrogen and oxygen atoms in total. The van der Waals surface area contributed by atoms with Gasteiger partial charge in [0.1, 0.15) is 4.88 Å². The number of halogens is 6. The molecule has 0 aliphatic rings. The third-order valence-corrected chi connectivity index (χ3v) is 6.64. The van der Waals surface area contributed by atoms with Crippen molar-refractivity contribution < 1.29 is 34.8 Å². The van der Waals surface area contributed by atoms with Gasteiger partial charge in [-0.2, -0.15) is 26.3 Å². The molecule has 3 aromatic heterocycles. The zero-order valence-electron chi connectivity index (χ0n) is 13.2. The molecule has 0 fully saturated rings. The summed E-state index contributed by atoms with van der Waals surface area (Å²) in [5.74, 6) is -0.755. The number of rotatable bonds is 3. The quantitative estimate of drug-likeness (QED) is 0.622. The van der Waals surface area contributed by atoms with Crippen LogP contribution in [0.3, 0.4) is 0 Å². The number of imidazole rings is 1. The third kappa shape index (κ3) is 3.65. The summed E-state index contributed by atoms with van der Waals surface area (Å²) in [4.78, 5) is 7.74. The molecular weight excluding hydrogens is 420 g/mol. The molecule has 146 valence electrons. The SMILES string of the molecule is CCS(=O)(=O)c1cc(C(F)(F)F)sc1-c1nc2ncc(C(F)(F)F)cc2[nH]1. The predicted octanol–water partition coefficient (Wildman–Crippen LogP) is 4.52. The van der Waals surface area contributed by atoms with Crippen molar-refractivity contribution in [1.82, 2.24) is 15.0 Å². The number of hydrogen-bond donors (Lipinski definition) is 1. The summed E-state index contributed by atoms with van der Waals surface area (Å²) >= 11 is 0.139. The first-order valence-electron chi connectivity index (χ1n) is 7.20. The Morgan fingerprint density at radius 3 is 2.33 bits per heavy atom. The third-order valence-electron chi connectivity index (χ3n) is 3.57. The topological polar surface area (TPSA) is 75.7 Å². The number of aromatic nitrogens is 3. The highest BCUT2D eigenvalue weighted by Gasteiger charge is 2.37. The Bertz CT molecular complexity index is 1110. The Labute approximate surface area is 152 Å². The van der Waals surface area contributed by atoms with Gasteiger partial charge in [0.2, 0.25) is 0 Å². The van der Waals surface area contributed by atoms with Gasteiger partial charge in [0.15, 0.2) is 21.3 Å². The number of sulfone groups is 1. The van der Waals surface area contributed by atoms with E-state index in [1.807, 2.05) is 0 Å². The van der Waals surface area contributed by atoms with E-state index in [-0.39, 0.29) is 33.2 Å². The van der Waals surface area contributed by atoms with Crippen molar-refractivity contribution in [3.05, 3.63) is 28.8 Å². The summed E-state index contributed by atoms with van der Waals surface area (Å²) in [6.45, 7) is 1.26. The molecule has 3 rings (SSSR count). The lowest BCUT2D eigenvalue weighted by Gasteiger charge is -2.04. The van der Waals surface area contributed by atoms with Crippen molar-refractivity contribution in [2.24, 2.45) is 0 Å². The average Bonchev–Trinajstić information content (AvgIpc) is 3.17. The highest BCUT2D eigenvalue weighted by Crippen LogP contribution is 2.43. The minimum absolute atomic E-state index is 0.139. The molecule has 3 heterocycles. The van der Waals surface area contributed by atoms with Gasteiger partial charge in [-0.3, -0.25) is 0 Å². The number of H-pyrrole nitrogens is 1. The van der Waals surface area contributed by atoms with Crippen LogP contribution in [0.25, 0.3) is 21.9 Å². The van der Waals surface area contributed by atoms with Crippen LogP contribution in [0, 0.1) is 0 Å². The lowest BCUT2D eigenvalue weighted by atomic mass is 10.2. The van der Waals surface area contributed by atoms with Gasteiger partial charge in [0.25, 0.3) is 0 Å². The van der Waals surface area contributed by atoms with Crippen molar-refractivity contribution in [3.8, 4) is 10.7 Å². The number of thiophene rings is 1. The van der Waals surface area contributed by atoms with Crippen LogP contribution in [0.1, 0.15) is 17.4 Å². The van der Waals surface area contributed by atoms with Gasteiger partial charge in [0.05, 0.1) is 26.6 Å². The van der Waals surface area contributed by atoms with Crippen LogP contribution in [0.15, 0.2) is 23.2 Å². The van der Waals surface area contributed by atoms with Crippen LogP contribution < -0.4 is 0 Å². The molecule has 0 unspecified atom stereocenters. The van der Waals surface area contributed by atoms with Crippen molar-refractivity contribution in [1.29, 1.82) is 0 Å². The standard InChI is InChI=1S/C14H9F6N3O2S2/c1-2-27(24,25)8-4-9(14(18,19)20)26-10(8)12-22-7-3-6(13(15,16)17)5-21-11(7)23-12/h3-5H,2H2,1H3,(H,21,22,23). The van der Waals surface area contributed by atoms with Gasteiger partial charge >= 0.3 is 12.4 Å². The normalized spacial score (nSPS) is 13.4. The molecule has 1 N–H and O–H groups in total. The van der Waals surface area contributed by atoms with E-state index in [9.17, 15) is 34.8 Å². The van der Waals surface area contributed by atoms with E-state index in [1.54, 1.807) is 0 Å². The van der Waals surface area contributed by atoms with E-state index < -0.39 is 43.3 Å². The molecule has 3 aromatic rings. The zero-order valence-corrected chi connectivity index (χ0v) is 14.9. The molecule has 0 bridgehead atoms. The molecule has 0 aliphatic heterocycles. The number of hydrogen-bond acceptors (Lipinski definition) is 5. The summed E-state index contributed by atoms with van der Waals surface area (Å²) in [5.41, 5.74) is -1.44. The van der Waals surface area contributed by atoms with Crippen LogP contribution in [0.5, 0.6) is 0 Å². The average molecular weight is 429 g/mol. The first-order valence-corrected chi connectivity index (χ1v) is 9.67. The van der Waals surface area contributed by atoms with Crippen LogP contribution >= 0.6 is 11.3 Å². The molecule has 13 heteroatoms. The number of fused-ring (bicyclic) bond motifs is 1. The number of nitrogens with one attached hydrogen (secondary N) is 1. The lowest BCUT2D eigenvalue weighted by molar-refractivity contribution is -0.137. The molecule has 0 spiro atoms. The fraction of sp³-hybridized carbons (Fsp3) is 0.286. The van der Waals surface area contributed by atoms with E-state index in [2.05, 4.69) is 15.0 Å². The van der Waals surface area contributed by atoms with Gasteiger partial charge in [-0.1, -0.05) is 6.92 Å². The molecule has 27 heavy (non-hydrogen) atoms. The zero-order chi connectivity index (χ0) is 20.2. The van der Waals surface area contributed by atoms with Crippen LogP contribution in [0.4, 0.5) is 26.3 Å². The first kappa shape index (κ1) is 19.6. The van der Waals surface area contributed by atoms with Crippen LogP contribution in [-0.4, -0.2) is 29.1 Å². The number of pyridine rings is 1. The lowest BCUT2D eigenvalue weighted by Crippen LogP contribution is -2.05. The first-order chi connectivity index (χ1) is 12.3. The summed E-state index contributed by atoms with van der Waals surface area (Å²) in [5, 5.41) is 0. The molecule has 0 amide bonds. The van der Waals surface area contributed by atoms with E-state index in [0.29, 0.717) is 18.3 Å². The number of nitrogens with zero attached hydrogens (tertiary/aromatic N) is 2. The molecule has 0 saturated heterocycles. The van der Waals surface area contributed by atoms with Gasteiger partial charge in [-0.15, -0.1) is 11.3 Å². The maximum absolute atomic E-state index is 13.0. The van der Waals surface area contributed by atoms with E-state index in [0.717, 1.165) is 0 Å². The van der Waals surface area contributed by atoms with E-state index >= 15 is 0 Å². The summed E-state index contributed by atoms with van der Waals surface area (Å²) < 4.78 is 102. The predicted molar refractivity (Wildman–Crippen MR) is 84.9 cm³/mol. The second kappa shape index (κ2) is 6.19. The van der Waals surface area contributed by atoms with Crippen molar-refractivity contribution in [2.75, 3.05) is 5.75 Å². The Morgan fingerprint density at radius 2 is 1.78 bits per heavy atom. The molecule has 0 radical (unpaired) electrons. The van der Waals surface area contributed by atoms with Gasteiger partial charge < -0.3 is 4.98 Å². The minimum atomic E-state index is -4.78. The monoisotopic (exact) mass is 429 g/mol. The molecule has 0 aliphatic carbocycles. The van der Waals surface area contributed by atoms with Gasteiger partial charge in [-0.25, -0.2) is 18.4 Å². The highest BCUT2D eigenvalue weighted by molar-refractivity contribution is 7.91. The summed E-state index contributed by atoms with van der Waals surface area (Å²) in [7, 11) is -4.04. The van der Waals surface area contributed by atoms with Crippen molar-refractivity contribution >= 4 is 32.3 Å². The maximum Gasteiger partial charge on any atom is 0.425 e. The Kier molecular flexibility index (Phi) is 4.50. The van der Waals surface area contributed by atoms with E-state index in [1.165, 1.54) is 6.92 Å². The maximum atomic E-state index is 13.0. The van der Waals surface area contributed by atoms with E-state index in [4.69, 9.17) is 0 Å². The fourth-order valence-corrected chi connectivity index (χ4v) is 4.66. The fourth-order valence-electron chi connectivity index (χ4n) is 2.23. The summed E-state index contributed by atoms with van der Waals surface area (Å²) in [6, 6.07) is 1.20. The highest BCUT2D eigenvalue weighted by atomic mass is 32.2. The Balaban J connectivity index is 2.22. The second-order valence-electron chi connectivity index (χ2n) is 5.38. The van der Waals surface area contributed by atoms with Crippen molar-refractivity contribution in [3.63, 3.8) is 0 Å². The van der Waals surface area contributed by atoms with Gasteiger partial charge in [0, 0.05) is 6.20 Å².